The van der Waals surface area contributed by atoms with E-state index in [0.29, 0.717) is 25.3 Å². The first kappa shape index (κ1) is 17.7. The Morgan fingerprint density at radius 3 is 2.36 bits per heavy atom. The van der Waals surface area contributed by atoms with E-state index in [1.165, 1.54) is 0 Å². The topological polar surface area (TPSA) is 60.6 Å². The van der Waals surface area contributed by atoms with Crippen LogP contribution in [0.1, 0.15) is 19.4 Å². The van der Waals surface area contributed by atoms with Crippen LogP contribution in [0.25, 0.3) is 10.9 Å². The minimum Gasteiger partial charge on any atom is -0.489 e. The van der Waals surface area contributed by atoms with Crippen LogP contribution in [-0.4, -0.2) is 18.2 Å². The van der Waals surface area contributed by atoms with Gasteiger partial charge in [-0.2, -0.15) is 0 Å². The number of benzene rings is 2. The number of fused-ring (bicyclic) bond motifs is 1. The monoisotopic (exact) mass is 359 g/mol. The van der Waals surface area contributed by atoms with Crippen molar-refractivity contribution in [2.75, 3.05) is 13.2 Å². The van der Waals surface area contributed by atoms with Crippen LogP contribution in [0.3, 0.4) is 0 Å². The molecule has 132 valence electrons. The van der Waals surface area contributed by atoms with Crippen molar-refractivity contribution >= 4 is 23.9 Å². The molecule has 0 bridgehead atoms. The Morgan fingerprint density at radius 1 is 0.960 bits per heavy atom. The molecule has 1 heterocycles. The summed E-state index contributed by atoms with van der Waals surface area (Å²) in [5.74, 6) is 0.743. The molecule has 0 fully saturated rings. The minimum atomic E-state index is -3.32. The van der Waals surface area contributed by atoms with E-state index in [9.17, 15) is 4.57 Å². The molecule has 0 atom stereocenters. The minimum absolute atomic E-state index is 0.318. The van der Waals surface area contributed by atoms with Crippen molar-refractivity contribution in [2.24, 2.45) is 0 Å². The third kappa shape index (κ3) is 4.13. The van der Waals surface area contributed by atoms with E-state index in [-0.39, 0.29) is 0 Å². The smallest absolute Gasteiger partial charge is 0.377 e. The van der Waals surface area contributed by atoms with Gasteiger partial charge < -0.3 is 18.8 Å². The molecule has 5 nitrogen and oxygen atoms in total. The van der Waals surface area contributed by atoms with E-state index in [2.05, 4.69) is 4.98 Å². The summed E-state index contributed by atoms with van der Waals surface area (Å²) in [5.41, 5.74) is 2.40. The van der Waals surface area contributed by atoms with Crippen molar-refractivity contribution < 1.29 is 18.3 Å². The van der Waals surface area contributed by atoms with Gasteiger partial charge >= 0.3 is 7.60 Å². The van der Waals surface area contributed by atoms with Gasteiger partial charge in [0, 0.05) is 17.0 Å². The van der Waals surface area contributed by atoms with Crippen LogP contribution >= 0.6 is 7.60 Å². The van der Waals surface area contributed by atoms with E-state index in [1.807, 2.05) is 54.6 Å². The summed E-state index contributed by atoms with van der Waals surface area (Å²) >= 11 is 0. The molecule has 1 N–H and O–H groups in total. The van der Waals surface area contributed by atoms with E-state index in [1.54, 1.807) is 13.8 Å². The van der Waals surface area contributed by atoms with Gasteiger partial charge in [0.1, 0.15) is 17.8 Å². The van der Waals surface area contributed by atoms with Crippen LogP contribution < -0.4 is 10.2 Å². The lowest BCUT2D eigenvalue weighted by Gasteiger charge is -2.14. The van der Waals surface area contributed by atoms with Crippen LogP contribution in [-0.2, 0) is 20.2 Å². The first-order valence-corrected chi connectivity index (χ1v) is 9.88. The molecule has 0 radical (unpaired) electrons. The van der Waals surface area contributed by atoms with Gasteiger partial charge in [-0.3, -0.25) is 4.57 Å². The highest BCUT2D eigenvalue weighted by Crippen LogP contribution is 2.47. The zero-order valence-electron chi connectivity index (χ0n) is 14.4. The van der Waals surface area contributed by atoms with Gasteiger partial charge in [-0.15, -0.1) is 0 Å². The molecule has 0 aliphatic rings. The van der Waals surface area contributed by atoms with Crippen LogP contribution in [0.5, 0.6) is 5.75 Å². The molecule has 0 amide bonds. The molecule has 25 heavy (non-hydrogen) atoms. The van der Waals surface area contributed by atoms with Crippen molar-refractivity contribution in [1.82, 2.24) is 4.98 Å². The number of hydrogen-bond acceptors (Lipinski definition) is 4. The molecule has 0 spiro atoms. The van der Waals surface area contributed by atoms with E-state index >= 15 is 0 Å². The lowest BCUT2D eigenvalue weighted by atomic mass is 10.2. The molecule has 0 unspecified atom stereocenters. The van der Waals surface area contributed by atoms with Crippen molar-refractivity contribution in [2.45, 2.75) is 20.5 Å². The Kier molecular flexibility index (Phi) is 5.59. The van der Waals surface area contributed by atoms with Gasteiger partial charge in [0.05, 0.1) is 13.2 Å². The summed E-state index contributed by atoms with van der Waals surface area (Å²) in [6.07, 6.45) is 0. The van der Waals surface area contributed by atoms with Crippen molar-refractivity contribution in [3.8, 4) is 5.75 Å². The lowest BCUT2D eigenvalue weighted by molar-refractivity contribution is 0.229. The maximum Gasteiger partial charge on any atom is 0.377 e. The van der Waals surface area contributed by atoms with Gasteiger partial charge in [-0.1, -0.05) is 30.3 Å². The second-order valence-corrected chi connectivity index (χ2v) is 7.50. The van der Waals surface area contributed by atoms with Gasteiger partial charge in [-0.25, -0.2) is 0 Å². The summed E-state index contributed by atoms with van der Waals surface area (Å²) in [6.45, 7) is 4.72. The first-order valence-electron chi connectivity index (χ1n) is 8.34. The van der Waals surface area contributed by atoms with E-state index in [4.69, 9.17) is 13.8 Å². The Balaban J connectivity index is 1.82. The Morgan fingerprint density at radius 2 is 1.68 bits per heavy atom. The predicted octanol–water partition coefficient (Wildman–Crippen LogP) is 4.64. The second-order valence-electron chi connectivity index (χ2n) is 5.51. The average Bonchev–Trinajstić information content (AvgIpc) is 3.05. The van der Waals surface area contributed by atoms with Crippen LogP contribution in [0.2, 0.25) is 0 Å². The molecular formula is C19H22NO4P. The average molecular weight is 359 g/mol. The molecule has 6 heteroatoms. The number of aromatic amines is 1. The number of hydrogen-bond donors (Lipinski definition) is 1. The standard InChI is InChI=1S/C19H22NO4P/c1-3-23-25(21,24-4-2)19-12-16-10-11-17(13-18(16)20-19)22-14-15-8-6-5-7-9-15/h5-13,20H,3-4,14H2,1-2H3. The Bertz CT molecular complexity index is 866. The summed E-state index contributed by atoms with van der Waals surface area (Å²) in [6, 6.07) is 17.5. The quantitative estimate of drug-likeness (QED) is 0.595. The summed E-state index contributed by atoms with van der Waals surface area (Å²) in [5, 5.41) is 0.932. The predicted molar refractivity (Wildman–Crippen MR) is 99.6 cm³/mol. The highest BCUT2D eigenvalue weighted by atomic mass is 31.2. The van der Waals surface area contributed by atoms with Crippen molar-refractivity contribution in [3.05, 3.63) is 60.2 Å². The van der Waals surface area contributed by atoms with E-state index < -0.39 is 7.60 Å². The van der Waals surface area contributed by atoms with Crippen LogP contribution in [0.4, 0.5) is 0 Å². The maximum atomic E-state index is 12.9. The van der Waals surface area contributed by atoms with Gasteiger partial charge in [0.25, 0.3) is 0 Å². The fraction of sp³-hybridized carbons (Fsp3) is 0.263. The van der Waals surface area contributed by atoms with Crippen molar-refractivity contribution in [3.63, 3.8) is 0 Å². The molecule has 3 rings (SSSR count). The molecule has 0 saturated carbocycles. The number of nitrogens with one attached hydrogen (secondary N) is 1. The zero-order valence-corrected chi connectivity index (χ0v) is 15.3. The normalized spacial score (nSPS) is 11.8. The Labute approximate surface area is 147 Å². The SMILES string of the molecule is CCOP(=O)(OCC)c1cc2ccc(OCc3ccccc3)cc2[nH]1. The molecule has 1 aromatic heterocycles. The summed E-state index contributed by atoms with van der Waals surface area (Å²) in [4.78, 5) is 3.15. The number of H-pyrrole nitrogens is 1. The molecule has 2 aromatic carbocycles. The van der Waals surface area contributed by atoms with Crippen LogP contribution in [0.15, 0.2) is 54.6 Å². The third-order valence-electron chi connectivity index (χ3n) is 3.72. The highest BCUT2D eigenvalue weighted by molar-refractivity contribution is 7.62. The number of aromatic nitrogens is 1. The molecule has 0 saturated heterocycles. The third-order valence-corrected chi connectivity index (χ3v) is 5.75. The fourth-order valence-electron chi connectivity index (χ4n) is 2.59. The lowest BCUT2D eigenvalue weighted by Crippen LogP contribution is -2.11. The van der Waals surface area contributed by atoms with Crippen LogP contribution in [0, 0.1) is 0 Å². The molecule has 3 aromatic rings. The first-order chi connectivity index (χ1) is 12.1. The van der Waals surface area contributed by atoms with Gasteiger partial charge in [0.2, 0.25) is 0 Å². The highest BCUT2D eigenvalue weighted by Gasteiger charge is 2.28. The maximum absolute atomic E-state index is 12.9. The van der Waals surface area contributed by atoms with E-state index in [0.717, 1.165) is 22.2 Å². The zero-order chi connectivity index (χ0) is 17.7. The van der Waals surface area contributed by atoms with Gasteiger partial charge in [-0.05, 0) is 37.6 Å². The number of rotatable bonds is 8. The summed E-state index contributed by atoms with van der Waals surface area (Å²) < 4.78 is 29.5. The molecular weight excluding hydrogens is 337 g/mol. The molecule has 0 aliphatic carbocycles. The summed E-state index contributed by atoms with van der Waals surface area (Å²) in [7, 11) is -3.32. The largest absolute Gasteiger partial charge is 0.489 e. The number of ether oxygens (including phenoxy) is 1. The van der Waals surface area contributed by atoms with Crippen molar-refractivity contribution in [1.29, 1.82) is 0 Å². The van der Waals surface area contributed by atoms with Gasteiger partial charge in [0.15, 0.2) is 0 Å². The second kappa shape index (κ2) is 7.87. The fourth-order valence-corrected chi connectivity index (χ4v) is 4.17. The molecule has 0 aliphatic heterocycles. The Hall–Kier alpha value is -2.07.